The first-order valence-electron chi connectivity index (χ1n) is 4.70. The van der Waals surface area contributed by atoms with E-state index in [-0.39, 0.29) is 11.5 Å². The molecule has 1 aliphatic rings. The molecule has 1 aliphatic heterocycles. The highest BCUT2D eigenvalue weighted by Crippen LogP contribution is 2.38. The standard InChI is InChI=1S/C11H13NO2/c1-2-12-7-3-4-8-9(12)5-6-10(13)11(8)14/h3-6,13-14H,2,7H2,1H3. The topological polar surface area (TPSA) is 43.7 Å². The number of hydrogen-bond acceptors (Lipinski definition) is 3. The molecule has 0 saturated heterocycles. The fraction of sp³-hybridized carbons (Fsp3) is 0.273. The first-order valence-corrected chi connectivity index (χ1v) is 4.70. The van der Waals surface area contributed by atoms with E-state index in [4.69, 9.17) is 0 Å². The predicted molar refractivity (Wildman–Crippen MR) is 56.7 cm³/mol. The number of anilines is 1. The summed E-state index contributed by atoms with van der Waals surface area (Å²) in [5, 5.41) is 19.0. The summed E-state index contributed by atoms with van der Waals surface area (Å²) in [7, 11) is 0. The van der Waals surface area contributed by atoms with Crippen LogP contribution in [0.2, 0.25) is 0 Å². The van der Waals surface area contributed by atoms with Crippen LogP contribution in [0, 0.1) is 0 Å². The average molecular weight is 191 g/mol. The Morgan fingerprint density at radius 3 is 2.86 bits per heavy atom. The SMILES string of the molecule is CCN1CC=Cc2c1ccc(O)c2O. The molecule has 1 aromatic rings. The van der Waals surface area contributed by atoms with Crippen LogP contribution >= 0.6 is 0 Å². The minimum Gasteiger partial charge on any atom is -0.504 e. The van der Waals surface area contributed by atoms with Gasteiger partial charge >= 0.3 is 0 Å². The van der Waals surface area contributed by atoms with Gasteiger partial charge in [0.25, 0.3) is 0 Å². The summed E-state index contributed by atoms with van der Waals surface area (Å²) in [4.78, 5) is 2.13. The van der Waals surface area contributed by atoms with Crippen LogP contribution in [0.25, 0.3) is 6.08 Å². The average Bonchev–Trinajstić information content (AvgIpc) is 2.23. The highest BCUT2D eigenvalue weighted by Gasteiger charge is 2.16. The third-order valence-corrected chi connectivity index (χ3v) is 2.51. The van der Waals surface area contributed by atoms with Crippen LogP contribution in [0.5, 0.6) is 11.5 Å². The molecule has 0 unspecified atom stereocenters. The fourth-order valence-electron chi connectivity index (χ4n) is 1.72. The molecule has 0 spiro atoms. The number of rotatable bonds is 1. The second-order valence-corrected chi connectivity index (χ2v) is 3.31. The van der Waals surface area contributed by atoms with Crippen LogP contribution in [-0.2, 0) is 0 Å². The van der Waals surface area contributed by atoms with Gasteiger partial charge < -0.3 is 15.1 Å². The third-order valence-electron chi connectivity index (χ3n) is 2.51. The van der Waals surface area contributed by atoms with Crippen LogP contribution < -0.4 is 4.90 Å². The predicted octanol–water partition coefficient (Wildman–Crippen LogP) is 1.95. The molecule has 3 heteroatoms. The number of phenols is 2. The third kappa shape index (κ3) is 1.21. The molecule has 0 fully saturated rings. The quantitative estimate of drug-likeness (QED) is 0.667. The maximum absolute atomic E-state index is 9.63. The van der Waals surface area contributed by atoms with Gasteiger partial charge in [0.15, 0.2) is 11.5 Å². The van der Waals surface area contributed by atoms with Crippen molar-refractivity contribution in [2.45, 2.75) is 6.92 Å². The van der Waals surface area contributed by atoms with E-state index in [0.29, 0.717) is 5.56 Å². The maximum Gasteiger partial charge on any atom is 0.166 e. The zero-order valence-corrected chi connectivity index (χ0v) is 8.07. The molecule has 2 N–H and O–H groups in total. The van der Waals surface area contributed by atoms with Crippen LogP contribution in [0.4, 0.5) is 5.69 Å². The monoisotopic (exact) mass is 191 g/mol. The Balaban J connectivity index is 2.57. The maximum atomic E-state index is 9.63. The Morgan fingerprint density at radius 1 is 1.36 bits per heavy atom. The Kier molecular flexibility index (Phi) is 2.08. The Labute approximate surface area is 82.9 Å². The van der Waals surface area contributed by atoms with Crippen LogP contribution in [0.3, 0.4) is 0 Å². The highest BCUT2D eigenvalue weighted by molar-refractivity contribution is 5.78. The van der Waals surface area contributed by atoms with Gasteiger partial charge in [-0.15, -0.1) is 0 Å². The normalized spacial score (nSPS) is 14.2. The molecule has 0 aliphatic carbocycles. The second-order valence-electron chi connectivity index (χ2n) is 3.31. The summed E-state index contributed by atoms with van der Waals surface area (Å²) in [5.74, 6) is -0.0942. The van der Waals surface area contributed by atoms with E-state index < -0.39 is 0 Å². The van der Waals surface area contributed by atoms with E-state index in [9.17, 15) is 10.2 Å². The molecule has 2 rings (SSSR count). The Morgan fingerprint density at radius 2 is 2.14 bits per heavy atom. The first kappa shape index (κ1) is 8.94. The number of likely N-dealkylation sites (N-methyl/N-ethyl adjacent to an activating group) is 1. The van der Waals surface area contributed by atoms with Crippen molar-refractivity contribution in [3.05, 3.63) is 23.8 Å². The minimum atomic E-state index is -0.0636. The van der Waals surface area contributed by atoms with E-state index in [1.165, 1.54) is 6.07 Å². The molecule has 0 radical (unpaired) electrons. The Bertz CT molecular complexity index is 385. The molecule has 0 aromatic heterocycles. The van der Waals surface area contributed by atoms with Crippen molar-refractivity contribution in [3.8, 4) is 11.5 Å². The lowest BCUT2D eigenvalue weighted by atomic mass is 10.1. The minimum absolute atomic E-state index is 0.0306. The lowest BCUT2D eigenvalue weighted by Gasteiger charge is -2.27. The van der Waals surface area contributed by atoms with Gasteiger partial charge in [0.05, 0.1) is 0 Å². The molecule has 3 nitrogen and oxygen atoms in total. The largest absolute Gasteiger partial charge is 0.504 e. The van der Waals surface area contributed by atoms with Crippen molar-refractivity contribution in [2.24, 2.45) is 0 Å². The summed E-state index contributed by atoms with van der Waals surface area (Å²) in [5.41, 5.74) is 1.68. The number of aromatic hydroxyl groups is 2. The van der Waals surface area contributed by atoms with E-state index in [0.717, 1.165) is 18.8 Å². The summed E-state index contributed by atoms with van der Waals surface area (Å²) in [6.45, 7) is 3.81. The molecule has 74 valence electrons. The van der Waals surface area contributed by atoms with Crippen molar-refractivity contribution < 1.29 is 10.2 Å². The van der Waals surface area contributed by atoms with Gasteiger partial charge in [-0.2, -0.15) is 0 Å². The first-order chi connectivity index (χ1) is 6.74. The lowest BCUT2D eigenvalue weighted by Crippen LogP contribution is -2.25. The van der Waals surface area contributed by atoms with Gasteiger partial charge in [-0.3, -0.25) is 0 Å². The highest BCUT2D eigenvalue weighted by atomic mass is 16.3. The van der Waals surface area contributed by atoms with Crippen molar-refractivity contribution in [1.82, 2.24) is 0 Å². The summed E-state index contributed by atoms with van der Waals surface area (Å²) in [6, 6.07) is 3.35. The number of hydrogen-bond donors (Lipinski definition) is 2. The molecular weight excluding hydrogens is 178 g/mol. The molecule has 0 atom stereocenters. The molecular formula is C11H13NO2. The summed E-state index contributed by atoms with van der Waals surface area (Å²) < 4.78 is 0. The smallest absolute Gasteiger partial charge is 0.166 e. The number of phenolic OH excluding ortho intramolecular Hbond substituents is 2. The number of benzene rings is 1. The van der Waals surface area contributed by atoms with Gasteiger partial charge in [-0.25, -0.2) is 0 Å². The van der Waals surface area contributed by atoms with Crippen molar-refractivity contribution in [1.29, 1.82) is 0 Å². The van der Waals surface area contributed by atoms with Crippen LogP contribution in [0.1, 0.15) is 12.5 Å². The number of fused-ring (bicyclic) bond motifs is 1. The van der Waals surface area contributed by atoms with Crippen molar-refractivity contribution >= 4 is 11.8 Å². The molecule has 1 aromatic carbocycles. The van der Waals surface area contributed by atoms with E-state index in [2.05, 4.69) is 11.8 Å². The zero-order valence-electron chi connectivity index (χ0n) is 8.07. The summed E-state index contributed by atoms with van der Waals surface area (Å²) in [6.07, 6.45) is 3.82. The van der Waals surface area contributed by atoms with Crippen LogP contribution in [0.15, 0.2) is 18.2 Å². The van der Waals surface area contributed by atoms with Crippen molar-refractivity contribution in [3.63, 3.8) is 0 Å². The number of nitrogens with zero attached hydrogens (tertiary/aromatic N) is 1. The van der Waals surface area contributed by atoms with Gasteiger partial charge in [-0.05, 0) is 19.1 Å². The van der Waals surface area contributed by atoms with Gasteiger partial charge in [0, 0.05) is 24.3 Å². The van der Waals surface area contributed by atoms with E-state index in [1.807, 2.05) is 18.2 Å². The van der Waals surface area contributed by atoms with E-state index in [1.54, 1.807) is 0 Å². The summed E-state index contributed by atoms with van der Waals surface area (Å²) >= 11 is 0. The van der Waals surface area contributed by atoms with Gasteiger partial charge in [-0.1, -0.05) is 12.2 Å². The molecule has 0 bridgehead atoms. The second kappa shape index (κ2) is 3.25. The zero-order chi connectivity index (χ0) is 10.1. The fourth-order valence-corrected chi connectivity index (χ4v) is 1.72. The molecule has 14 heavy (non-hydrogen) atoms. The molecule has 1 heterocycles. The van der Waals surface area contributed by atoms with E-state index >= 15 is 0 Å². The van der Waals surface area contributed by atoms with Gasteiger partial charge in [0.1, 0.15) is 0 Å². The molecule has 0 saturated carbocycles. The lowest BCUT2D eigenvalue weighted by molar-refractivity contribution is 0.403. The molecule has 0 amide bonds. The van der Waals surface area contributed by atoms with Crippen LogP contribution in [-0.4, -0.2) is 23.3 Å². The van der Waals surface area contributed by atoms with Gasteiger partial charge in [0.2, 0.25) is 0 Å². The van der Waals surface area contributed by atoms with Crippen molar-refractivity contribution in [2.75, 3.05) is 18.0 Å². The Hall–Kier alpha value is -1.64.